The third-order valence-corrected chi connectivity index (χ3v) is 4.04. The Kier molecular flexibility index (Phi) is 5.14. The molecule has 3 aromatic carbocycles. The Morgan fingerprint density at radius 1 is 0.958 bits per heavy atom. The standard InChI is InChI=1S/C20H16ClFO2/c21-19-8-7-17(22)11-18(19)15-6-9-20(16(10-15)12-23)24-13-14-4-2-1-3-5-14/h1-11,23H,12-13H2. The van der Waals surface area contributed by atoms with E-state index >= 15 is 0 Å². The Labute approximate surface area is 145 Å². The lowest BCUT2D eigenvalue weighted by atomic mass is 10.0. The van der Waals surface area contributed by atoms with Gasteiger partial charge in [0.1, 0.15) is 18.2 Å². The minimum absolute atomic E-state index is 0.176. The summed E-state index contributed by atoms with van der Waals surface area (Å²) >= 11 is 6.15. The van der Waals surface area contributed by atoms with E-state index in [-0.39, 0.29) is 12.4 Å². The lowest BCUT2D eigenvalue weighted by molar-refractivity contribution is 0.259. The molecule has 0 aliphatic rings. The molecule has 0 aromatic heterocycles. The highest BCUT2D eigenvalue weighted by atomic mass is 35.5. The van der Waals surface area contributed by atoms with Crippen molar-refractivity contribution in [2.24, 2.45) is 0 Å². The molecule has 0 radical (unpaired) electrons. The van der Waals surface area contributed by atoms with Crippen LogP contribution >= 0.6 is 11.6 Å². The fourth-order valence-electron chi connectivity index (χ4n) is 2.47. The van der Waals surface area contributed by atoms with Crippen LogP contribution in [0.5, 0.6) is 5.75 Å². The van der Waals surface area contributed by atoms with Crippen LogP contribution in [0.1, 0.15) is 11.1 Å². The molecule has 24 heavy (non-hydrogen) atoms. The van der Waals surface area contributed by atoms with Crippen molar-refractivity contribution < 1.29 is 14.2 Å². The number of ether oxygens (including phenoxy) is 1. The highest BCUT2D eigenvalue weighted by molar-refractivity contribution is 6.33. The average molecular weight is 343 g/mol. The molecule has 0 heterocycles. The first-order valence-electron chi connectivity index (χ1n) is 7.53. The molecule has 0 saturated carbocycles. The van der Waals surface area contributed by atoms with Gasteiger partial charge in [-0.15, -0.1) is 0 Å². The summed E-state index contributed by atoms with van der Waals surface area (Å²) in [5.41, 5.74) is 2.99. The maximum atomic E-state index is 13.5. The predicted octanol–water partition coefficient (Wildman–Crippen LogP) is 5.22. The van der Waals surface area contributed by atoms with Crippen molar-refractivity contribution >= 4 is 11.6 Å². The van der Waals surface area contributed by atoms with Crippen molar-refractivity contribution in [2.75, 3.05) is 0 Å². The zero-order valence-corrected chi connectivity index (χ0v) is 13.6. The Hall–Kier alpha value is -2.36. The van der Waals surface area contributed by atoms with Gasteiger partial charge in [0.05, 0.1) is 6.61 Å². The second-order valence-electron chi connectivity index (χ2n) is 5.38. The zero-order valence-electron chi connectivity index (χ0n) is 12.9. The number of aliphatic hydroxyl groups excluding tert-OH is 1. The van der Waals surface area contributed by atoms with Crippen molar-refractivity contribution in [2.45, 2.75) is 13.2 Å². The molecule has 0 aliphatic heterocycles. The first-order chi connectivity index (χ1) is 11.7. The molecular formula is C20H16ClFO2. The summed E-state index contributed by atoms with van der Waals surface area (Å²) in [6, 6.07) is 19.3. The largest absolute Gasteiger partial charge is 0.489 e. The maximum Gasteiger partial charge on any atom is 0.125 e. The fourth-order valence-corrected chi connectivity index (χ4v) is 2.69. The Morgan fingerprint density at radius 2 is 1.75 bits per heavy atom. The van der Waals surface area contributed by atoms with Crippen molar-refractivity contribution in [3.8, 4) is 16.9 Å². The van der Waals surface area contributed by atoms with Gasteiger partial charge >= 0.3 is 0 Å². The van der Waals surface area contributed by atoms with Crippen LogP contribution in [0.15, 0.2) is 66.7 Å². The van der Waals surface area contributed by atoms with Crippen LogP contribution in [-0.4, -0.2) is 5.11 Å². The summed E-state index contributed by atoms with van der Waals surface area (Å²) in [5.74, 6) is 0.238. The van der Waals surface area contributed by atoms with Crippen LogP contribution in [0.25, 0.3) is 11.1 Å². The quantitative estimate of drug-likeness (QED) is 0.689. The van der Waals surface area contributed by atoms with E-state index in [0.29, 0.717) is 28.5 Å². The van der Waals surface area contributed by atoms with Gasteiger partial charge in [0.25, 0.3) is 0 Å². The maximum absolute atomic E-state index is 13.5. The van der Waals surface area contributed by atoms with Gasteiger partial charge in [-0.05, 0) is 41.5 Å². The second-order valence-corrected chi connectivity index (χ2v) is 5.79. The Balaban J connectivity index is 1.86. The molecule has 122 valence electrons. The van der Waals surface area contributed by atoms with Crippen molar-refractivity contribution in [3.05, 3.63) is 88.7 Å². The van der Waals surface area contributed by atoms with Crippen LogP contribution in [0.2, 0.25) is 5.02 Å². The summed E-state index contributed by atoms with van der Waals surface area (Å²) < 4.78 is 19.3. The third kappa shape index (κ3) is 3.75. The van der Waals surface area contributed by atoms with E-state index in [1.165, 1.54) is 18.2 Å². The van der Waals surface area contributed by atoms with Gasteiger partial charge in [-0.2, -0.15) is 0 Å². The van der Waals surface area contributed by atoms with Crippen LogP contribution < -0.4 is 4.74 Å². The normalized spacial score (nSPS) is 10.6. The van der Waals surface area contributed by atoms with Crippen LogP contribution in [-0.2, 0) is 13.2 Å². The Bertz CT molecular complexity index is 834. The number of hydrogen-bond acceptors (Lipinski definition) is 2. The predicted molar refractivity (Wildman–Crippen MR) is 93.5 cm³/mol. The molecule has 0 unspecified atom stereocenters. The van der Waals surface area contributed by atoms with Gasteiger partial charge in [0.2, 0.25) is 0 Å². The van der Waals surface area contributed by atoms with Crippen LogP contribution in [0.3, 0.4) is 0 Å². The summed E-state index contributed by atoms with van der Waals surface area (Å²) in [6.45, 7) is 0.235. The molecule has 0 amide bonds. The van der Waals surface area contributed by atoms with Crippen molar-refractivity contribution in [1.29, 1.82) is 0 Å². The van der Waals surface area contributed by atoms with Gasteiger partial charge in [0.15, 0.2) is 0 Å². The first-order valence-corrected chi connectivity index (χ1v) is 7.91. The molecule has 0 bridgehead atoms. The summed E-state index contributed by atoms with van der Waals surface area (Å²) in [6.07, 6.45) is 0. The molecule has 0 spiro atoms. The van der Waals surface area contributed by atoms with E-state index in [1.807, 2.05) is 30.3 Å². The summed E-state index contributed by atoms with van der Waals surface area (Å²) in [7, 11) is 0. The molecule has 3 aromatic rings. The molecular weight excluding hydrogens is 327 g/mol. The molecule has 0 aliphatic carbocycles. The van der Waals surface area contributed by atoms with Gasteiger partial charge in [-0.3, -0.25) is 0 Å². The lowest BCUT2D eigenvalue weighted by Crippen LogP contribution is -1.99. The Morgan fingerprint density at radius 3 is 2.50 bits per heavy atom. The average Bonchev–Trinajstić information content (AvgIpc) is 2.62. The van der Waals surface area contributed by atoms with E-state index in [0.717, 1.165) is 11.1 Å². The van der Waals surface area contributed by atoms with E-state index in [9.17, 15) is 9.50 Å². The number of hydrogen-bond donors (Lipinski definition) is 1. The SMILES string of the molecule is OCc1cc(-c2cc(F)ccc2Cl)ccc1OCc1ccccc1. The van der Waals surface area contributed by atoms with Gasteiger partial charge in [0, 0.05) is 16.1 Å². The van der Waals surface area contributed by atoms with E-state index in [4.69, 9.17) is 16.3 Å². The minimum Gasteiger partial charge on any atom is -0.489 e. The third-order valence-electron chi connectivity index (χ3n) is 3.71. The van der Waals surface area contributed by atoms with Gasteiger partial charge in [-0.1, -0.05) is 48.0 Å². The lowest BCUT2D eigenvalue weighted by Gasteiger charge is -2.13. The van der Waals surface area contributed by atoms with Crippen molar-refractivity contribution in [1.82, 2.24) is 0 Å². The molecule has 3 rings (SSSR count). The zero-order chi connectivity index (χ0) is 16.9. The number of aliphatic hydroxyl groups is 1. The van der Waals surface area contributed by atoms with Crippen LogP contribution in [0.4, 0.5) is 4.39 Å². The van der Waals surface area contributed by atoms with E-state index < -0.39 is 0 Å². The minimum atomic E-state index is -0.357. The van der Waals surface area contributed by atoms with E-state index in [1.54, 1.807) is 18.2 Å². The molecule has 0 atom stereocenters. The topological polar surface area (TPSA) is 29.5 Å². The van der Waals surface area contributed by atoms with E-state index in [2.05, 4.69) is 0 Å². The van der Waals surface area contributed by atoms with Gasteiger partial charge < -0.3 is 9.84 Å². The summed E-state index contributed by atoms with van der Waals surface area (Å²) in [4.78, 5) is 0. The monoisotopic (exact) mass is 342 g/mol. The molecule has 4 heteroatoms. The highest BCUT2D eigenvalue weighted by Crippen LogP contribution is 2.32. The molecule has 0 fully saturated rings. The molecule has 2 nitrogen and oxygen atoms in total. The summed E-state index contributed by atoms with van der Waals surface area (Å²) in [5, 5.41) is 10.1. The van der Waals surface area contributed by atoms with Crippen LogP contribution in [0, 0.1) is 5.82 Å². The number of halogens is 2. The number of benzene rings is 3. The number of rotatable bonds is 5. The highest BCUT2D eigenvalue weighted by Gasteiger charge is 2.10. The first kappa shape index (κ1) is 16.5. The molecule has 1 N–H and O–H groups in total. The smallest absolute Gasteiger partial charge is 0.125 e. The second kappa shape index (κ2) is 7.47. The van der Waals surface area contributed by atoms with Gasteiger partial charge in [-0.25, -0.2) is 4.39 Å². The fraction of sp³-hybridized carbons (Fsp3) is 0.100. The molecule has 0 saturated heterocycles. The van der Waals surface area contributed by atoms with Crippen molar-refractivity contribution in [3.63, 3.8) is 0 Å².